The van der Waals surface area contributed by atoms with Gasteiger partial charge in [0.1, 0.15) is 11.5 Å². The molecule has 0 aliphatic carbocycles. The van der Waals surface area contributed by atoms with Crippen LogP contribution in [0, 0.1) is 0 Å². The zero-order valence-corrected chi connectivity index (χ0v) is 18.7. The van der Waals surface area contributed by atoms with Crippen molar-refractivity contribution >= 4 is 23.7 Å². The van der Waals surface area contributed by atoms with Crippen molar-refractivity contribution in [3.05, 3.63) is 126 Å². The number of carbonyl (C=O) groups excluding carboxylic acids is 3. The first-order valence-corrected chi connectivity index (χ1v) is 11.1. The van der Waals surface area contributed by atoms with Crippen LogP contribution in [0.5, 0.6) is 11.5 Å². The number of anilines is 1. The summed E-state index contributed by atoms with van der Waals surface area (Å²) in [4.78, 5) is 42.1. The van der Waals surface area contributed by atoms with Crippen LogP contribution in [0.2, 0.25) is 0 Å². The van der Waals surface area contributed by atoms with Gasteiger partial charge in [0.2, 0.25) is 0 Å². The number of hydrogen-bond donors (Lipinski definition) is 0. The van der Waals surface area contributed by atoms with Gasteiger partial charge in [0.05, 0.1) is 5.69 Å². The Morgan fingerprint density at radius 3 is 1.80 bits per heavy atom. The lowest BCUT2D eigenvalue weighted by Crippen LogP contribution is -2.51. The Balaban J connectivity index is 1.60. The molecule has 0 fully saturated rings. The molecule has 1 atom stereocenters. The molecule has 5 rings (SSSR count). The number of rotatable bonds is 5. The van der Waals surface area contributed by atoms with Gasteiger partial charge in [0.25, 0.3) is 5.91 Å². The monoisotopic (exact) mass is 463 g/mol. The molecule has 1 heterocycles. The summed E-state index contributed by atoms with van der Waals surface area (Å²) in [6.07, 6.45) is -0.874. The van der Waals surface area contributed by atoms with Crippen LogP contribution in [0.15, 0.2) is 115 Å². The normalized spacial score (nSPS) is 16.5. The molecule has 0 spiro atoms. The molecule has 1 aliphatic rings. The lowest BCUT2D eigenvalue weighted by molar-refractivity contribution is -0.145. The fourth-order valence-corrected chi connectivity index (χ4v) is 4.29. The second-order valence-corrected chi connectivity index (χ2v) is 8.11. The summed E-state index contributed by atoms with van der Waals surface area (Å²) in [5.74, 6) is -0.889. The van der Waals surface area contributed by atoms with Gasteiger partial charge >= 0.3 is 12.1 Å². The van der Waals surface area contributed by atoms with E-state index in [1.54, 1.807) is 84.9 Å². The summed E-state index contributed by atoms with van der Waals surface area (Å²) in [7, 11) is 0. The highest BCUT2D eigenvalue weighted by Gasteiger charge is 2.59. The van der Waals surface area contributed by atoms with Gasteiger partial charge in [-0.1, -0.05) is 84.9 Å². The number of hydrogen-bond acceptors (Lipinski definition) is 5. The van der Waals surface area contributed by atoms with Gasteiger partial charge in [0.15, 0.2) is 5.41 Å². The number of benzene rings is 4. The average Bonchev–Trinajstić information content (AvgIpc) is 3.14. The van der Waals surface area contributed by atoms with Crippen molar-refractivity contribution in [2.24, 2.45) is 0 Å². The lowest BCUT2D eigenvalue weighted by atomic mass is 9.76. The highest BCUT2D eigenvalue weighted by atomic mass is 16.6. The Morgan fingerprint density at radius 1 is 0.657 bits per heavy atom. The van der Waals surface area contributed by atoms with E-state index in [4.69, 9.17) is 9.47 Å². The molecule has 35 heavy (non-hydrogen) atoms. The average molecular weight is 463 g/mol. The van der Waals surface area contributed by atoms with Crippen molar-refractivity contribution < 1.29 is 23.9 Å². The minimum absolute atomic E-state index is 0.0183. The maximum Gasteiger partial charge on any atom is 0.426 e. The van der Waals surface area contributed by atoms with E-state index >= 15 is 0 Å². The van der Waals surface area contributed by atoms with E-state index in [9.17, 15) is 14.4 Å². The van der Waals surface area contributed by atoms with Crippen molar-refractivity contribution in [3.8, 4) is 11.5 Å². The van der Waals surface area contributed by atoms with Crippen LogP contribution >= 0.6 is 0 Å². The second kappa shape index (κ2) is 9.27. The number of ether oxygens (including phenoxy) is 2. The van der Waals surface area contributed by atoms with Gasteiger partial charge in [-0.15, -0.1) is 0 Å². The molecule has 0 aromatic heterocycles. The van der Waals surface area contributed by atoms with Crippen LogP contribution in [-0.2, 0) is 21.4 Å². The van der Waals surface area contributed by atoms with Gasteiger partial charge in [0, 0.05) is 12.0 Å². The summed E-state index contributed by atoms with van der Waals surface area (Å²) in [5, 5.41) is 0. The minimum atomic E-state index is -1.77. The third-order valence-corrected chi connectivity index (χ3v) is 5.92. The molecule has 0 saturated heterocycles. The molecule has 6 heteroatoms. The van der Waals surface area contributed by atoms with Crippen LogP contribution in [-0.4, -0.2) is 18.0 Å². The lowest BCUT2D eigenvalue weighted by Gasteiger charge is -2.26. The van der Waals surface area contributed by atoms with Crippen molar-refractivity contribution in [2.75, 3.05) is 4.90 Å². The third kappa shape index (κ3) is 4.06. The number of imide groups is 1. The molecule has 0 bridgehead atoms. The minimum Gasteiger partial charge on any atom is -0.425 e. The number of fused-ring (bicyclic) bond motifs is 1. The third-order valence-electron chi connectivity index (χ3n) is 5.92. The fraction of sp³-hybridized carbons (Fsp3) is 0.0690. The predicted octanol–water partition coefficient (Wildman–Crippen LogP) is 5.32. The van der Waals surface area contributed by atoms with Crippen molar-refractivity contribution in [1.29, 1.82) is 0 Å². The molecule has 0 unspecified atom stereocenters. The smallest absolute Gasteiger partial charge is 0.425 e. The molecule has 4 aromatic rings. The Kier molecular flexibility index (Phi) is 5.85. The second-order valence-electron chi connectivity index (χ2n) is 8.11. The number of nitrogens with zero attached hydrogens (tertiary/aromatic N) is 1. The van der Waals surface area contributed by atoms with E-state index in [-0.39, 0.29) is 12.2 Å². The summed E-state index contributed by atoms with van der Waals surface area (Å²) in [5.41, 5.74) is -0.346. The molecule has 6 nitrogen and oxygen atoms in total. The fourth-order valence-electron chi connectivity index (χ4n) is 4.29. The molecule has 1 aliphatic heterocycles. The van der Waals surface area contributed by atoms with E-state index in [0.29, 0.717) is 17.0 Å². The van der Waals surface area contributed by atoms with Gasteiger partial charge in [-0.05, 0) is 35.9 Å². The Labute approximate surface area is 202 Å². The summed E-state index contributed by atoms with van der Waals surface area (Å²) in [6, 6.07) is 32.9. The van der Waals surface area contributed by atoms with Crippen LogP contribution in [0.4, 0.5) is 10.5 Å². The van der Waals surface area contributed by atoms with Crippen molar-refractivity contribution in [1.82, 2.24) is 0 Å². The largest absolute Gasteiger partial charge is 0.426 e. The zero-order chi connectivity index (χ0) is 24.3. The predicted molar refractivity (Wildman–Crippen MR) is 130 cm³/mol. The first-order valence-electron chi connectivity index (χ1n) is 11.1. The van der Waals surface area contributed by atoms with Gasteiger partial charge in [-0.3, -0.25) is 9.59 Å². The van der Waals surface area contributed by atoms with Crippen LogP contribution < -0.4 is 14.4 Å². The molecule has 172 valence electrons. The highest BCUT2D eigenvalue weighted by molar-refractivity contribution is 6.29. The van der Waals surface area contributed by atoms with E-state index in [0.717, 1.165) is 10.5 Å². The molecule has 0 saturated carbocycles. The van der Waals surface area contributed by atoms with Gasteiger partial charge < -0.3 is 9.47 Å². The number of amides is 2. The topological polar surface area (TPSA) is 72.9 Å². The van der Waals surface area contributed by atoms with E-state index < -0.39 is 23.4 Å². The number of esters is 1. The molecular formula is C29H21NO5. The standard InChI is InChI=1S/C29H21NO5/c31-26-29(20-21-12-4-1-5-13-21,27(32)34-22-14-6-2-7-15-22)24-18-10-11-19-25(24)30(26)28(33)35-23-16-8-3-9-17-23/h1-19H,20H2/t29-/m0/s1. The van der Waals surface area contributed by atoms with Crippen molar-refractivity contribution in [2.45, 2.75) is 11.8 Å². The Morgan fingerprint density at radius 2 is 1.17 bits per heavy atom. The van der Waals surface area contributed by atoms with Crippen LogP contribution in [0.3, 0.4) is 0 Å². The van der Waals surface area contributed by atoms with Crippen LogP contribution in [0.25, 0.3) is 0 Å². The number of carbonyl (C=O) groups is 3. The van der Waals surface area contributed by atoms with E-state index in [1.807, 2.05) is 30.3 Å². The first-order chi connectivity index (χ1) is 17.1. The molecule has 4 aromatic carbocycles. The Hall–Kier alpha value is -4.71. The van der Waals surface area contributed by atoms with Crippen LogP contribution in [0.1, 0.15) is 11.1 Å². The van der Waals surface area contributed by atoms with Crippen molar-refractivity contribution in [3.63, 3.8) is 0 Å². The molecule has 2 amide bonds. The SMILES string of the molecule is O=C(Oc1ccccc1)N1C(=O)[C@@](Cc2ccccc2)(C(=O)Oc2ccccc2)c2ccccc21. The number of para-hydroxylation sites is 3. The maximum atomic E-state index is 14.1. The summed E-state index contributed by atoms with van der Waals surface area (Å²) in [6.45, 7) is 0. The summed E-state index contributed by atoms with van der Waals surface area (Å²) < 4.78 is 11.2. The van der Waals surface area contributed by atoms with E-state index in [1.165, 1.54) is 0 Å². The molecular weight excluding hydrogens is 442 g/mol. The molecule has 0 radical (unpaired) electrons. The zero-order valence-electron chi connectivity index (χ0n) is 18.7. The van der Waals surface area contributed by atoms with Gasteiger partial charge in [-0.25, -0.2) is 9.69 Å². The maximum absolute atomic E-state index is 14.1. The van der Waals surface area contributed by atoms with E-state index in [2.05, 4.69) is 0 Å². The molecule has 0 N–H and O–H groups in total. The first kappa shape index (κ1) is 22.1. The summed E-state index contributed by atoms with van der Waals surface area (Å²) >= 11 is 0. The Bertz CT molecular complexity index is 1370. The highest BCUT2D eigenvalue weighted by Crippen LogP contribution is 2.45. The van der Waals surface area contributed by atoms with Gasteiger partial charge in [-0.2, -0.15) is 0 Å². The quantitative estimate of drug-likeness (QED) is 0.228.